The summed E-state index contributed by atoms with van der Waals surface area (Å²) in [5.74, 6) is 0. The molecular weight excluding hydrogens is 246 g/mol. The molecule has 18 heavy (non-hydrogen) atoms. The third-order valence-corrected chi connectivity index (χ3v) is 4.77. The lowest BCUT2D eigenvalue weighted by Crippen LogP contribution is -2.45. The van der Waals surface area contributed by atoms with Gasteiger partial charge in [-0.15, -0.1) is 11.3 Å². The smallest absolute Gasteiger partial charge is 0.0957 e. The van der Waals surface area contributed by atoms with Gasteiger partial charge < -0.3 is 9.84 Å². The summed E-state index contributed by atoms with van der Waals surface area (Å²) in [5, 5.41) is 11.5. The topological polar surface area (TPSA) is 42.4 Å². The van der Waals surface area contributed by atoms with Gasteiger partial charge in [0.25, 0.3) is 0 Å². The van der Waals surface area contributed by atoms with Crippen LogP contribution >= 0.6 is 11.3 Å². The van der Waals surface area contributed by atoms with Crippen molar-refractivity contribution in [2.24, 2.45) is 0 Å². The molecule has 3 nitrogen and oxygen atoms in total. The second-order valence-corrected chi connectivity index (χ2v) is 5.96. The predicted molar refractivity (Wildman–Crippen MR) is 76.2 cm³/mol. The number of hydrogen-bond acceptors (Lipinski definition) is 4. The van der Waals surface area contributed by atoms with Gasteiger partial charge in [-0.3, -0.25) is 0 Å². The molecule has 104 valence electrons. The Hall–Kier alpha value is -0.450. The fourth-order valence-corrected chi connectivity index (χ4v) is 3.26. The van der Waals surface area contributed by atoms with E-state index in [2.05, 4.69) is 25.8 Å². The molecule has 1 heterocycles. The van der Waals surface area contributed by atoms with Crippen LogP contribution in [0.15, 0.2) is 0 Å². The molecule has 0 fully saturated rings. The first-order chi connectivity index (χ1) is 8.49. The predicted octanol–water partition coefficient (Wildman–Crippen LogP) is 3.26. The van der Waals surface area contributed by atoms with E-state index in [4.69, 9.17) is 4.74 Å². The summed E-state index contributed by atoms with van der Waals surface area (Å²) in [6, 6.07) is 0. The van der Waals surface area contributed by atoms with E-state index < -0.39 is 11.7 Å². The van der Waals surface area contributed by atoms with Crippen molar-refractivity contribution in [3.8, 4) is 0 Å². The first-order valence-electron chi connectivity index (χ1n) is 6.74. The minimum atomic E-state index is -0.489. The molecular formula is C14H25NO2S. The lowest BCUT2D eigenvalue weighted by atomic mass is 9.88. The molecule has 1 aromatic heterocycles. The summed E-state index contributed by atoms with van der Waals surface area (Å²) in [6.07, 6.45) is 1.74. The van der Waals surface area contributed by atoms with E-state index in [-0.39, 0.29) is 0 Å². The van der Waals surface area contributed by atoms with Gasteiger partial charge in [0, 0.05) is 17.9 Å². The summed E-state index contributed by atoms with van der Waals surface area (Å²) < 4.78 is 5.83. The van der Waals surface area contributed by atoms with Crippen LogP contribution in [0, 0.1) is 13.8 Å². The summed E-state index contributed by atoms with van der Waals surface area (Å²) in [6.45, 7) is 10.8. The van der Waals surface area contributed by atoms with Crippen molar-refractivity contribution in [1.29, 1.82) is 0 Å². The molecule has 0 amide bonds. The monoisotopic (exact) mass is 271 g/mol. The number of aromatic nitrogens is 1. The summed E-state index contributed by atoms with van der Waals surface area (Å²) >= 11 is 1.67. The maximum Gasteiger partial charge on any atom is 0.0957 e. The molecule has 1 N–H and O–H groups in total. The van der Waals surface area contributed by atoms with Crippen molar-refractivity contribution >= 4 is 11.3 Å². The summed E-state index contributed by atoms with van der Waals surface area (Å²) in [5.41, 5.74) is 0.639. The van der Waals surface area contributed by atoms with Crippen LogP contribution in [0.4, 0.5) is 0 Å². The van der Waals surface area contributed by atoms with Crippen LogP contribution in [0.2, 0.25) is 0 Å². The van der Waals surface area contributed by atoms with Gasteiger partial charge in [0.2, 0.25) is 0 Å². The van der Waals surface area contributed by atoms with Crippen molar-refractivity contribution in [2.45, 2.75) is 65.6 Å². The molecule has 0 aliphatic heterocycles. The number of aryl methyl sites for hydroxylation is 2. The Morgan fingerprint density at radius 2 is 1.89 bits per heavy atom. The molecule has 1 atom stereocenters. The van der Waals surface area contributed by atoms with E-state index in [0.717, 1.165) is 23.5 Å². The molecule has 1 unspecified atom stereocenters. The standard InChI is InChI=1S/C14H25NO2S/c1-6-14(7-2,17-8-3)12(16)9-13-15-10(4)11(5)18-13/h12,16H,6-9H2,1-5H3. The average Bonchev–Trinajstić information content (AvgIpc) is 2.65. The van der Waals surface area contributed by atoms with Gasteiger partial charge in [-0.25, -0.2) is 4.98 Å². The Balaban J connectivity index is 2.81. The van der Waals surface area contributed by atoms with Gasteiger partial charge in [-0.05, 0) is 33.6 Å². The number of ether oxygens (including phenoxy) is 1. The Bertz CT molecular complexity index is 352. The zero-order chi connectivity index (χ0) is 13.8. The average molecular weight is 271 g/mol. The SMILES string of the molecule is CCOC(CC)(CC)C(O)Cc1nc(C)c(C)s1. The van der Waals surface area contributed by atoms with Crippen molar-refractivity contribution in [1.82, 2.24) is 4.98 Å². The molecule has 0 saturated carbocycles. The van der Waals surface area contributed by atoms with Crippen LogP contribution < -0.4 is 0 Å². The van der Waals surface area contributed by atoms with Gasteiger partial charge in [0.1, 0.15) is 0 Å². The third kappa shape index (κ3) is 3.31. The van der Waals surface area contributed by atoms with Crippen molar-refractivity contribution in [3.63, 3.8) is 0 Å². The number of thiazole rings is 1. The highest BCUT2D eigenvalue weighted by Crippen LogP contribution is 2.28. The van der Waals surface area contributed by atoms with Gasteiger partial charge >= 0.3 is 0 Å². The highest BCUT2D eigenvalue weighted by Gasteiger charge is 2.35. The molecule has 1 aromatic rings. The Labute approximate surface area is 114 Å². The van der Waals surface area contributed by atoms with Gasteiger partial charge in [0.15, 0.2) is 0 Å². The maximum atomic E-state index is 10.5. The minimum absolute atomic E-state index is 0.428. The molecule has 0 aliphatic carbocycles. The number of aliphatic hydroxyl groups is 1. The van der Waals surface area contributed by atoms with Crippen molar-refractivity contribution in [2.75, 3.05) is 6.61 Å². The van der Waals surface area contributed by atoms with E-state index >= 15 is 0 Å². The summed E-state index contributed by atoms with van der Waals surface area (Å²) in [7, 11) is 0. The summed E-state index contributed by atoms with van der Waals surface area (Å²) in [4.78, 5) is 5.72. The second kappa shape index (κ2) is 6.64. The van der Waals surface area contributed by atoms with E-state index in [9.17, 15) is 5.11 Å². The van der Waals surface area contributed by atoms with Gasteiger partial charge in [-0.2, -0.15) is 0 Å². The molecule has 0 aromatic carbocycles. The van der Waals surface area contributed by atoms with Crippen LogP contribution in [-0.2, 0) is 11.2 Å². The van der Waals surface area contributed by atoms with Crippen LogP contribution in [0.5, 0.6) is 0 Å². The van der Waals surface area contributed by atoms with Gasteiger partial charge in [0.05, 0.1) is 22.4 Å². The highest BCUT2D eigenvalue weighted by molar-refractivity contribution is 7.11. The second-order valence-electron chi connectivity index (χ2n) is 4.67. The molecule has 0 spiro atoms. The van der Waals surface area contributed by atoms with E-state index in [1.807, 2.05) is 13.8 Å². The molecule has 4 heteroatoms. The largest absolute Gasteiger partial charge is 0.390 e. The van der Waals surface area contributed by atoms with E-state index in [0.29, 0.717) is 13.0 Å². The number of rotatable bonds is 7. The number of aliphatic hydroxyl groups excluding tert-OH is 1. The zero-order valence-corrected chi connectivity index (χ0v) is 12.9. The molecule has 0 aliphatic rings. The Kier molecular flexibility index (Phi) is 5.76. The van der Waals surface area contributed by atoms with Crippen LogP contribution in [0.3, 0.4) is 0 Å². The van der Waals surface area contributed by atoms with Crippen LogP contribution in [-0.4, -0.2) is 28.4 Å². The van der Waals surface area contributed by atoms with E-state index in [1.165, 1.54) is 4.88 Å². The fourth-order valence-electron chi connectivity index (χ4n) is 2.29. The maximum absolute atomic E-state index is 10.5. The Morgan fingerprint density at radius 3 is 2.28 bits per heavy atom. The van der Waals surface area contributed by atoms with Crippen molar-refractivity contribution in [3.05, 3.63) is 15.6 Å². The number of hydrogen-bond donors (Lipinski definition) is 1. The van der Waals surface area contributed by atoms with Crippen LogP contribution in [0.1, 0.15) is 49.2 Å². The zero-order valence-electron chi connectivity index (χ0n) is 12.1. The molecule has 1 rings (SSSR count). The van der Waals surface area contributed by atoms with Crippen LogP contribution in [0.25, 0.3) is 0 Å². The quantitative estimate of drug-likeness (QED) is 0.827. The molecule has 0 radical (unpaired) electrons. The first-order valence-corrected chi connectivity index (χ1v) is 7.55. The minimum Gasteiger partial charge on any atom is -0.390 e. The van der Waals surface area contributed by atoms with E-state index in [1.54, 1.807) is 11.3 Å². The number of nitrogens with zero attached hydrogens (tertiary/aromatic N) is 1. The van der Waals surface area contributed by atoms with Gasteiger partial charge in [-0.1, -0.05) is 13.8 Å². The first kappa shape index (κ1) is 15.6. The Morgan fingerprint density at radius 1 is 1.28 bits per heavy atom. The molecule has 0 saturated heterocycles. The normalized spacial score (nSPS) is 13.9. The lowest BCUT2D eigenvalue weighted by molar-refractivity contribution is -0.124. The third-order valence-electron chi connectivity index (χ3n) is 3.68. The molecule has 0 bridgehead atoms. The van der Waals surface area contributed by atoms with Crippen molar-refractivity contribution < 1.29 is 9.84 Å². The highest BCUT2D eigenvalue weighted by atomic mass is 32.1. The lowest BCUT2D eigenvalue weighted by Gasteiger charge is -2.36. The fraction of sp³-hybridized carbons (Fsp3) is 0.786.